The van der Waals surface area contributed by atoms with Gasteiger partial charge in [0.05, 0.1) is 0 Å². The van der Waals surface area contributed by atoms with Crippen molar-refractivity contribution in [2.24, 2.45) is 0 Å². The van der Waals surface area contributed by atoms with Gasteiger partial charge in [-0.25, -0.2) is 0 Å². The van der Waals surface area contributed by atoms with E-state index in [1.165, 1.54) is 0 Å². The zero-order valence-electron chi connectivity index (χ0n) is 6.37. The fourth-order valence-electron chi connectivity index (χ4n) is 0.950. The predicted molar refractivity (Wildman–Crippen MR) is 52.4 cm³/mol. The third-order valence-corrected chi connectivity index (χ3v) is 2.13. The fourth-order valence-corrected chi connectivity index (χ4v) is 1.46. The van der Waals surface area contributed by atoms with Crippen molar-refractivity contribution in [2.45, 2.75) is 0 Å². The Bertz CT molecular complexity index is 430. The van der Waals surface area contributed by atoms with E-state index in [0.29, 0.717) is 5.82 Å². The van der Waals surface area contributed by atoms with Crippen LogP contribution in [0.2, 0.25) is 5.35 Å². The zero-order chi connectivity index (χ0) is 9.26. The van der Waals surface area contributed by atoms with Crippen molar-refractivity contribution in [3.63, 3.8) is 0 Å². The number of hydrogen-bond acceptors (Lipinski definition) is 3. The molecule has 0 atom stereocenters. The lowest BCUT2D eigenvalue weighted by Gasteiger charge is -1.93. The first-order valence-corrected chi connectivity index (χ1v) is 4.68. The molecule has 0 unspecified atom stereocenters. The van der Waals surface area contributed by atoms with E-state index in [4.69, 9.17) is 11.6 Å². The molecule has 0 aliphatic heterocycles. The molecule has 3 nitrogen and oxygen atoms in total. The minimum Gasteiger partial charge on any atom is -0.321 e. The Morgan fingerprint density at radius 1 is 1.38 bits per heavy atom. The van der Waals surface area contributed by atoms with E-state index in [0.717, 1.165) is 10.0 Å². The molecule has 1 aromatic carbocycles. The second-order valence-corrected chi connectivity index (χ2v) is 3.62. The number of halogens is 2. The molecule has 0 saturated carbocycles. The molecule has 0 saturated heterocycles. The van der Waals surface area contributed by atoms with Crippen LogP contribution in [-0.2, 0) is 0 Å². The van der Waals surface area contributed by atoms with Crippen LogP contribution in [0.15, 0.2) is 33.3 Å². The van der Waals surface area contributed by atoms with Crippen LogP contribution in [0.4, 0.5) is 0 Å². The molecule has 13 heavy (non-hydrogen) atoms. The Morgan fingerprint density at radius 3 is 2.85 bits per heavy atom. The maximum atomic E-state index is 5.50. The third kappa shape index (κ3) is 1.89. The summed E-state index contributed by atoms with van der Waals surface area (Å²) in [6, 6.07) is 7.59. The average molecular weight is 259 g/mol. The molecule has 0 N–H and O–H groups in total. The lowest BCUT2D eigenvalue weighted by atomic mass is 10.2. The van der Waals surface area contributed by atoms with Crippen molar-refractivity contribution >= 4 is 27.5 Å². The Balaban J connectivity index is 2.46. The quantitative estimate of drug-likeness (QED) is 0.790. The van der Waals surface area contributed by atoms with Gasteiger partial charge in [0, 0.05) is 10.0 Å². The van der Waals surface area contributed by atoms with E-state index in [-0.39, 0.29) is 5.35 Å². The third-order valence-electron chi connectivity index (χ3n) is 1.48. The summed E-state index contributed by atoms with van der Waals surface area (Å²) < 4.78 is 5.61. The van der Waals surface area contributed by atoms with Crippen molar-refractivity contribution in [3.8, 4) is 11.4 Å². The number of benzene rings is 1. The number of nitrogens with zero attached hydrogens (tertiary/aromatic N) is 2. The molecule has 0 fully saturated rings. The summed E-state index contributed by atoms with van der Waals surface area (Å²) in [6.07, 6.45) is 0. The monoisotopic (exact) mass is 258 g/mol. The Kier molecular flexibility index (Phi) is 2.33. The van der Waals surface area contributed by atoms with Gasteiger partial charge in [-0.2, -0.15) is 4.98 Å². The second kappa shape index (κ2) is 3.47. The molecule has 0 aliphatic rings. The largest absolute Gasteiger partial charge is 0.321 e. The summed E-state index contributed by atoms with van der Waals surface area (Å²) in [5.74, 6) is 0.492. The van der Waals surface area contributed by atoms with Gasteiger partial charge in [-0.05, 0) is 23.7 Å². The molecule has 1 aromatic heterocycles. The lowest BCUT2D eigenvalue weighted by molar-refractivity contribution is 0.421. The Morgan fingerprint density at radius 2 is 2.23 bits per heavy atom. The van der Waals surface area contributed by atoms with E-state index in [1.807, 2.05) is 24.3 Å². The molecule has 0 aliphatic carbocycles. The molecule has 2 rings (SSSR count). The van der Waals surface area contributed by atoms with Crippen LogP contribution in [0.3, 0.4) is 0 Å². The van der Waals surface area contributed by atoms with E-state index in [2.05, 4.69) is 30.6 Å². The highest BCUT2D eigenvalue weighted by atomic mass is 79.9. The molecule has 5 heteroatoms. The van der Waals surface area contributed by atoms with Crippen LogP contribution < -0.4 is 0 Å². The van der Waals surface area contributed by atoms with Crippen molar-refractivity contribution in [1.29, 1.82) is 0 Å². The average Bonchev–Trinajstić information content (AvgIpc) is 2.52. The smallest absolute Gasteiger partial charge is 0.320 e. The van der Waals surface area contributed by atoms with Gasteiger partial charge in [-0.3, -0.25) is 0 Å². The van der Waals surface area contributed by atoms with Crippen molar-refractivity contribution in [2.75, 3.05) is 0 Å². The molecule has 1 heterocycles. The first kappa shape index (κ1) is 8.72. The topological polar surface area (TPSA) is 38.9 Å². The predicted octanol–water partition coefficient (Wildman–Crippen LogP) is 3.15. The lowest BCUT2D eigenvalue weighted by Crippen LogP contribution is -1.79. The van der Waals surface area contributed by atoms with Gasteiger partial charge < -0.3 is 4.52 Å². The minimum absolute atomic E-state index is 0.0509. The zero-order valence-corrected chi connectivity index (χ0v) is 8.71. The molecule has 0 radical (unpaired) electrons. The molecule has 0 amide bonds. The summed E-state index contributed by atoms with van der Waals surface area (Å²) in [7, 11) is 0. The summed E-state index contributed by atoms with van der Waals surface area (Å²) in [5.41, 5.74) is 0.866. The molecular weight excluding hydrogens is 255 g/mol. The highest BCUT2D eigenvalue weighted by molar-refractivity contribution is 9.10. The number of rotatable bonds is 1. The van der Waals surface area contributed by atoms with Crippen LogP contribution in [0, 0.1) is 0 Å². The van der Waals surface area contributed by atoms with Gasteiger partial charge in [0.25, 0.3) is 0 Å². The maximum absolute atomic E-state index is 5.50. The van der Waals surface area contributed by atoms with Gasteiger partial charge in [0.2, 0.25) is 5.82 Å². The van der Waals surface area contributed by atoms with E-state index in [9.17, 15) is 0 Å². The normalized spacial score (nSPS) is 10.3. The van der Waals surface area contributed by atoms with E-state index < -0.39 is 0 Å². The summed E-state index contributed by atoms with van der Waals surface area (Å²) in [4.78, 5) is 3.89. The summed E-state index contributed by atoms with van der Waals surface area (Å²) in [6.45, 7) is 0. The van der Waals surface area contributed by atoms with E-state index >= 15 is 0 Å². The Labute approximate surface area is 87.8 Å². The van der Waals surface area contributed by atoms with Gasteiger partial charge in [0.15, 0.2) is 0 Å². The van der Waals surface area contributed by atoms with Gasteiger partial charge in [-0.1, -0.05) is 33.2 Å². The first-order valence-electron chi connectivity index (χ1n) is 3.51. The molecule has 0 bridgehead atoms. The highest BCUT2D eigenvalue weighted by Gasteiger charge is 2.05. The first-order chi connectivity index (χ1) is 6.25. The van der Waals surface area contributed by atoms with Gasteiger partial charge in [-0.15, -0.1) is 0 Å². The standard InChI is InChI=1S/C8H4BrClN2O/c9-6-3-1-2-5(4-6)7-11-8(10)13-12-7/h1-4H. The van der Waals surface area contributed by atoms with Crippen LogP contribution in [0.1, 0.15) is 0 Å². The van der Waals surface area contributed by atoms with Gasteiger partial charge in [0.1, 0.15) is 0 Å². The highest BCUT2D eigenvalue weighted by Crippen LogP contribution is 2.21. The van der Waals surface area contributed by atoms with Crippen LogP contribution >= 0.6 is 27.5 Å². The van der Waals surface area contributed by atoms with Crippen molar-refractivity contribution in [3.05, 3.63) is 34.1 Å². The van der Waals surface area contributed by atoms with Crippen molar-refractivity contribution < 1.29 is 4.52 Å². The number of hydrogen-bond donors (Lipinski definition) is 0. The fraction of sp³-hybridized carbons (Fsp3) is 0. The molecule has 66 valence electrons. The second-order valence-electron chi connectivity index (χ2n) is 2.38. The molecule has 2 aromatic rings. The summed E-state index contributed by atoms with van der Waals surface area (Å²) >= 11 is 8.85. The minimum atomic E-state index is 0.0509. The Hall–Kier alpha value is -0.870. The van der Waals surface area contributed by atoms with Crippen molar-refractivity contribution in [1.82, 2.24) is 10.1 Å². The number of aromatic nitrogens is 2. The van der Waals surface area contributed by atoms with Crippen LogP contribution in [0.5, 0.6) is 0 Å². The molecular formula is C8H4BrClN2O. The maximum Gasteiger partial charge on any atom is 0.320 e. The molecule has 0 spiro atoms. The van der Waals surface area contributed by atoms with Gasteiger partial charge >= 0.3 is 5.35 Å². The van der Waals surface area contributed by atoms with E-state index in [1.54, 1.807) is 0 Å². The SMILES string of the molecule is Clc1nc(-c2cccc(Br)c2)no1. The van der Waals surface area contributed by atoms with Crippen LogP contribution in [-0.4, -0.2) is 10.1 Å². The summed E-state index contributed by atoms with van der Waals surface area (Å²) in [5, 5.41) is 3.74. The van der Waals surface area contributed by atoms with Crippen LogP contribution in [0.25, 0.3) is 11.4 Å².